The number of carboxylic acids is 2. The van der Waals surface area contributed by atoms with Crippen molar-refractivity contribution in [2.75, 3.05) is 41.7 Å². The lowest BCUT2D eigenvalue weighted by molar-refractivity contribution is -0.168. The fourth-order valence-corrected chi connectivity index (χ4v) is 1.80. The highest BCUT2D eigenvalue weighted by atomic mass is 16.6. The second-order valence-corrected chi connectivity index (χ2v) is 7.37. The van der Waals surface area contributed by atoms with Gasteiger partial charge in [0.25, 0.3) is 0 Å². The van der Waals surface area contributed by atoms with Crippen molar-refractivity contribution >= 4 is 23.9 Å². The van der Waals surface area contributed by atoms with E-state index in [0.29, 0.717) is 19.6 Å². The summed E-state index contributed by atoms with van der Waals surface area (Å²) in [7, 11) is 5.70. The van der Waals surface area contributed by atoms with Crippen LogP contribution >= 0.6 is 0 Å². The monoisotopic (exact) mass is 528 g/mol. The Balaban J connectivity index is -0.000000197. The zero-order valence-electron chi connectivity index (χ0n) is 23.7. The first-order valence-electron chi connectivity index (χ1n) is 11.6. The van der Waals surface area contributed by atoms with E-state index in [9.17, 15) is 19.2 Å². The summed E-state index contributed by atoms with van der Waals surface area (Å²) < 4.78 is 28.3. The lowest BCUT2D eigenvalue weighted by Crippen LogP contribution is -2.39. The van der Waals surface area contributed by atoms with Crippen molar-refractivity contribution in [1.29, 1.82) is 0 Å². The third kappa shape index (κ3) is 23.5. The first-order chi connectivity index (χ1) is 16.7. The van der Waals surface area contributed by atoms with Gasteiger partial charge in [-0.05, 0) is 47.5 Å². The van der Waals surface area contributed by atoms with E-state index < -0.39 is 35.9 Å². The van der Waals surface area contributed by atoms with E-state index in [-0.39, 0.29) is 11.9 Å². The fourth-order valence-electron chi connectivity index (χ4n) is 1.80. The van der Waals surface area contributed by atoms with Crippen molar-refractivity contribution in [3.05, 3.63) is 0 Å². The van der Waals surface area contributed by atoms with Crippen molar-refractivity contribution in [3.63, 3.8) is 0 Å². The second kappa shape index (κ2) is 25.8. The molecule has 0 saturated heterocycles. The third-order valence-electron chi connectivity index (χ3n) is 4.40. The predicted octanol–water partition coefficient (Wildman–Crippen LogP) is 2.94. The second-order valence-electron chi connectivity index (χ2n) is 7.37. The third-order valence-corrected chi connectivity index (χ3v) is 4.40. The summed E-state index contributed by atoms with van der Waals surface area (Å²) in [6, 6.07) is 0. The Bertz CT molecular complexity index is 581. The Morgan fingerprint density at radius 3 is 1.44 bits per heavy atom. The van der Waals surface area contributed by atoms with Crippen LogP contribution in [0.2, 0.25) is 0 Å². The number of carbonyl (C=O) groups is 4. The summed E-state index contributed by atoms with van der Waals surface area (Å²) in [5.41, 5.74) is -0.760. The normalized spacial score (nSPS) is 13.9. The molecule has 12 heteroatoms. The summed E-state index contributed by atoms with van der Waals surface area (Å²) in [6.07, 6.45) is 0.662. The number of methoxy groups -OCH3 is 4. The summed E-state index contributed by atoms with van der Waals surface area (Å²) in [5.74, 6) is -2.43. The molecule has 0 rings (SSSR count). The molecule has 2 N–H and O–H groups in total. The van der Waals surface area contributed by atoms with E-state index in [1.54, 1.807) is 27.9 Å². The zero-order chi connectivity index (χ0) is 29.3. The molecule has 0 aromatic carbocycles. The minimum Gasteiger partial charge on any atom is -0.479 e. The van der Waals surface area contributed by atoms with Crippen LogP contribution in [0.25, 0.3) is 0 Å². The standard InChI is InChI=1S/C10H20O3.2C5H10O3.C4H8O3/c1-5-7-10(3,12-4)9(11)13-8-6-2;1-4(7-2)5(6)8-3;1-3-8-4(2)5(6)7;1-3(7-2)4(5)6/h5-8H2,1-4H3;4H,1-3H3;4H,3H2,1-2H3,(H,6,7);3H,1-2H3,(H,5,6). The Morgan fingerprint density at radius 2 is 1.25 bits per heavy atom. The molecule has 0 amide bonds. The highest BCUT2D eigenvalue weighted by Gasteiger charge is 2.33. The molecule has 36 heavy (non-hydrogen) atoms. The van der Waals surface area contributed by atoms with Crippen LogP contribution < -0.4 is 0 Å². The molecule has 0 saturated carbocycles. The van der Waals surface area contributed by atoms with Crippen molar-refractivity contribution in [2.24, 2.45) is 0 Å². The smallest absolute Gasteiger partial charge is 0.338 e. The molecule has 0 aliphatic carbocycles. The van der Waals surface area contributed by atoms with Crippen LogP contribution in [0.4, 0.5) is 0 Å². The molecule has 0 bridgehead atoms. The van der Waals surface area contributed by atoms with Gasteiger partial charge in [-0.25, -0.2) is 19.2 Å². The maximum absolute atomic E-state index is 11.5. The van der Waals surface area contributed by atoms with E-state index in [1.807, 2.05) is 13.8 Å². The van der Waals surface area contributed by atoms with Gasteiger partial charge >= 0.3 is 23.9 Å². The van der Waals surface area contributed by atoms with Gasteiger partial charge in [-0.2, -0.15) is 0 Å². The van der Waals surface area contributed by atoms with Gasteiger partial charge in [-0.3, -0.25) is 0 Å². The number of carbonyl (C=O) groups excluding carboxylic acids is 2. The molecule has 0 spiro atoms. The number of esters is 2. The number of hydrogen-bond acceptors (Lipinski definition) is 10. The topological polar surface area (TPSA) is 164 Å². The van der Waals surface area contributed by atoms with Gasteiger partial charge in [0.05, 0.1) is 13.7 Å². The molecular weight excluding hydrogens is 480 g/mol. The van der Waals surface area contributed by atoms with E-state index >= 15 is 0 Å². The average Bonchev–Trinajstić information content (AvgIpc) is 2.86. The van der Waals surface area contributed by atoms with Crippen molar-refractivity contribution < 1.29 is 57.8 Å². The molecule has 0 fully saturated rings. The number of hydrogen-bond donors (Lipinski definition) is 2. The Morgan fingerprint density at radius 1 is 0.778 bits per heavy atom. The molecule has 0 radical (unpaired) electrons. The number of ether oxygens (including phenoxy) is 6. The quantitative estimate of drug-likeness (QED) is 0.336. The van der Waals surface area contributed by atoms with Gasteiger partial charge in [0.15, 0.2) is 23.9 Å². The van der Waals surface area contributed by atoms with Gasteiger partial charge in [0, 0.05) is 27.9 Å². The maximum atomic E-state index is 11.5. The molecule has 0 aromatic heterocycles. The van der Waals surface area contributed by atoms with Crippen molar-refractivity contribution in [1.82, 2.24) is 0 Å². The first-order valence-corrected chi connectivity index (χ1v) is 11.6. The van der Waals surface area contributed by atoms with Gasteiger partial charge < -0.3 is 38.6 Å². The highest BCUT2D eigenvalue weighted by molar-refractivity contribution is 5.79. The Kier molecular flexibility index (Phi) is 29.3. The lowest BCUT2D eigenvalue weighted by atomic mass is 10.0. The molecule has 4 unspecified atom stereocenters. The summed E-state index contributed by atoms with van der Waals surface area (Å²) in [6.45, 7) is 13.1. The van der Waals surface area contributed by atoms with Crippen LogP contribution in [0.3, 0.4) is 0 Å². The number of carboxylic acid groups (broad SMARTS) is 2. The Hall–Kier alpha value is -2.28. The largest absolute Gasteiger partial charge is 0.479 e. The lowest BCUT2D eigenvalue weighted by Gasteiger charge is -2.25. The maximum Gasteiger partial charge on any atom is 0.338 e. The van der Waals surface area contributed by atoms with Gasteiger partial charge in [-0.1, -0.05) is 20.3 Å². The summed E-state index contributed by atoms with van der Waals surface area (Å²) in [4.78, 5) is 41.7. The number of aliphatic carboxylic acids is 2. The van der Waals surface area contributed by atoms with Crippen LogP contribution in [0.5, 0.6) is 0 Å². The average molecular weight is 529 g/mol. The molecule has 0 aliphatic heterocycles. The van der Waals surface area contributed by atoms with Crippen molar-refractivity contribution in [2.45, 2.75) is 91.6 Å². The van der Waals surface area contributed by atoms with Gasteiger partial charge in [0.2, 0.25) is 0 Å². The number of rotatable bonds is 13. The molecule has 12 nitrogen and oxygen atoms in total. The van der Waals surface area contributed by atoms with E-state index in [0.717, 1.165) is 12.8 Å². The molecular formula is C24H48O12. The van der Waals surface area contributed by atoms with Crippen LogP contribution in [-0.2, 0) is 47.6 Å². The molecule has 0 aliphatic rings. The van der Waals surface area contributed by atoms with E-state index in [2.05, 4.69) is 14.2 Å². The zero-order valence-corrected chi connectivity index (χ0v) is 23.7. The summed E-state index contributed by atoms with van der Waals surface area (Å²) >= 11 is 0. The Labute approximate surface area is 215 Å². The van der Waals surface area contributed by atoms with Crippen LogP contribution in [0.15, 0.2) is 0 Å². The molecule has 0 heterocycles. The molecule has 4 atom stereocenters. The predicted molar refractivity (Wildman–Crippen MR) is 133 cm³/mol. The first kappa shape index (κ1) is 40.9. The minimum atomic E-state index is -0.928. The summed E-state index contributed by atoms with van der Waals surface area (Å²) in [5, 5.41) is 16.2. The SMILES string of the molecule is CCCOC(=O)C(C)(CCC)OC.CCOC(C)C(=O)O.COC(=O)C(C)OC.COC(C)C(=O)O. The van der Waals surface area contributed by atoms with Crippen LogP contribution in [0, 0.1) is 0 Å². The van der Waals surface area contributed by atoms with E-state index in [1.165, 1.54) is 35.2 Å². The molecule has 216 valence electrons. The van der Waals surface area contributed by atoms with Crippen molar-refractivity contribution in [3.8, 4) is 0 Å². The highest BCUT2D eigenvalue weighted by Crippen LogP contribution is 2.18. The van der Waals surface area contributed by atoms with E-state index in [4.69, 9.17) is 24.4 Å². The van der Waals surface area contributed by atoms with Gasteiger partial charge in [-0.15, -0.1) is 0 Å². The molecule has 0 aromatic rings. The fraction of sp³-hybridized carbons (Fsp3) is 0.833. The van der Waals surface area contributed by atoms with Gasteiger partial charge in [0.1, 0.15) is 0 Å². The van der Waals surface area contributed by atoms with Crippen LogP contribution in [0.1, 0.15) is 67.7 Å². The minimum absolute atomic E-state index is 0.251. The van der Waals surface area contributed by atoms with Crippen LogP contribution in [-0.4, -0.2) is 99.7 Å².